The molecule has 0 spiro atoms. The van der Waals surface area contributed by atoms with Gasteiger partial charge in [0, 0.05) is 23.9 Å². The van der Waals surface area contributed by atoms with Crippen molar-refractivity contribution in [2.24, 2.45) is 5.92 Å². The maximum atomic E-state index is 12.3. The van der Waals surface area contributed by atoms with Crippen LogP contribution in [0.2, 0.25) is 5.02 Å². The van der Waals surface area contributed by atoms with Crippen molar-refractivity contribution >= 4 is 17.4 Å². The first-order valence-electron chi connectivity index (χ1n) is 5.96. The maximum Gasteiger partial charge on any atom is 0.166 e. The van der Waals surface area contributed by atoms with Crippen molar-refractivity contribution in [1.82, 2.24) is 4.98 Å². The summed E-state index contributed by atoms with van der Waals surface area (Å²) in [6.45, 7) is 0. The Labute approximate surface area is 111 Å². The Morgan fingerprint density at radius 1 is 1.28 bits per heavy atom. The number of rotatable bonds is 2. The smallest absolute Gasteiger partial charge is 0.166 e. The minimum Gasteiger partial charge on any atom is -0.294 e. The molecule has 1 aromatic carbocycles. The van der Waals surface area contributed by atoms with E-state index in [0.717, 1.165) is 23.1 Å². The van der Waals surface area contributed by atoms with Gasteiger partial charge in [0.2, 0.25) is 0 Å². The number of aromatic nitrogens is 1. The van der Waals surface area contributed by atoms with E-state index in [4.69, 9.17) is 11.6 Å². The third-order valence-electron chi connectivity index (χ3n) is 3.44. The summed E-state index contributed by atoms with van der Waals surface area (Å²) in [7, 11) is 0. The predicted molar refractivity (Wildman–Crippen MR) is 70.9 cm³/mol. The molecule has 0 saturated heterocycles. The van der Waals surface area contributed by atoms with Crippen LogP contribution in [0.4, 0.5) is 0 Å². The van der Waals surface area contributed by atoms with Gasteiger partial charge >= 0.3 is 0 Å². The van der Waals surface area contributed by atoms with Crippen molar-refractivity contribution in [3.63, 3.8) is 0 Å². The van der Waals surface area contributed by atoms with Crippen LogP contribution in [0, 0.1) is 5.92 Å². The summed E-state index contributed by atoms with van der Waals surface area (Å²) in [4.78, 5) is 16.2. The molecule has 1 unspecified atom stereocenters. The van der Waals surface area contributed by atoms with Crippen LogP contribution in [0.25, 0.3) is 0 Å². The van der Waals surface area contributed by atoms with Gasteiger partial charge < -0.3 is 0 Å². The summed E-state index contributed by atoms with van der Waals surface area (Å²) in [5.74, 6) is 0.251. The van der Waals surface area contributed by atoms with E-state index in [1.54, 1.807) is 12.4 Å². The molecule has 0 amide bonds. The van der Waals surface area contributed by atoms with Crippen molar-refractivity contribution in [2.45, 2.75) is 12.8 Å². The third kappa shape index (κ3) is 1.93. The molecule has 18 heavy (non-hydrogen) atoms. The number of hydrogen-bond donors (Lipinski definition) is 0. The highest BCUT2D eigenvalue weighted by atomic mass is 35.5. The number of Topliss-reactive ketones (excluding diaryl/α,β-unsaturated/α-hetero) is 1. The second-order valence-electron chi connectivity index (χ2n) is 4.59. The van der Waals surface area contributed by atoms with Crippen LogP contribution in [0.3, 0.4) is 0 Å². The Morgan fingerprint density at radius 2 is 2.11 bits per heavy atom. The Hall–Kier alpha value is -1.67. The summed E-state index contributed by atoms with van der Waals surface area (Å²) in [6.07, 6.45) is 4.85. The van der Waals surface area contributed by atoms with Gasteiger partial charge in [-0.05, 0) is 30.0 Å². The Bertz CT molecular complexity index is 609. The maximum absolute atomic E-state index is 12.3. The first-order valence-corrected chi connectivity index (χ1v) is 6.34. The topological polar surface area (TPSA) is 30.0 Å². The molecule has 0 bridgehead atoms. The summed E-state index contributed by atoms with van der Waals surface area (Å²) >= 11 is 6.09. The van der Waals surface area contributed by atoms with Crippen molar-refractivity contribution in [1.29, 1.82) is 0 Å². The second kappa shape index (κ2) is 4.54. The van der Waals surface area contributed by atoms with E-state index >= 15 is 0 Å². The molecule has 3 heteroatoms. The third-order valence-corrected chi connectivity index (χ3v) is 3.78. The lowest BCUT2D eigenvalue weighted by atomic mass is 9.96. The highest BCUT2D eigenvalue weighted by molar-refractivity contribution is 6.31. The number of ketones is 1. The van der Waals surface area contributed by atoms with E-state index in [1.807, 2.05) is 30.3 Å². The number of nitrogens with zero attached hydrogens (tertiary/aromatic N) is 1. The molecule has 0 radical (unpaired) electrons. The number of fused-ring (bicyclic) bond motifs is 1. The van der Waals surface area contributed by atoms with E-state index in [-0.39, 0.29) is 11.7 Å². The van der Waals surface area contributed by atoms with Crippen molar-refractivity contribution in [3.8, 4) is 0 Å². The molecule has 1 aromatic heterocycles. The lowest BCUT2D eigenvalue weighted by Crippen LogP contribution is -2.12. The van der Waals surface area contributed by atoms with Crippen LogP contribution >= 0.6 is 11.6 Å². The number of hydrogen-bond acceptors (Lipinski definition) is 2. The van der Waals surface area contributed by atoms with Crippen LogP contribution in [0.5, 0.6) is 0 Å². The predicted octanol–water partition coefficient (Wildman–Crippen LogP) is 3.33. The Kier molecular flexibility index (Phi) is 2.88. The molecule has 0 aliphatic heterocycles. The van der Waals surface area contributed by atoms with E-state index in [2.05, 4.69) is 4.98 Å². The largest absolute Gasteiger partial charge is 0.294 e. The van der Waals surface area contributed by atoms with Crippen molar-refractivity contribution in [2.75, 3.05) is 0 Å². The summed E-state index contributed by atoms with van der Waals surface area (Å²) in [6, 6.07) is 9.72. The quantitative estimate of drug-likeness (QED) is 0.826. The summed E-state index contributed by atoms with van der Waals surface area (Å²) in [5, 5.41) is 0.640. The van der Waals surface area contributed by atoms with Gasteiger partial charge in [0.25, 0.3) is 0 Å². The SMILES string of the molecule is O=C1c2ccccc2CC1Cc1ccncc1Cl. The molecule has 1 aliphatic rings. The average molecular weight is 258 g/mol. The molecule has 90 valence electrons. The van der Waals surface area contributed by atoms with Crippen LogP contribution in [0.1, 0.15) is 21.5 Å². The number of carbonyl (C=O) groups excluding carboxylic acids is 1. The molecule has 0 saturated carbocycles. The lowest BCUT2D eigenvalue weighted by molar-refractivity contribution is 0.0936. The van der Waals surface area contributed by atoms with Gasteiger partial charge in [-0.1, -0.05) is 35.9 Å². The van der Waals surface area contributed by atoms with Crippen molar-refractivity contribution < 1.29 is 4.79 Å². The fourth-order valence-corrected chi connectivity index (χ4v) is 2.71. The second-order valence-corrected chi connectivity index (χ2v) is 5.00. The van der Waals surface area contributed by atoms with Gasteiger partial charge in [-0.3, -0.25) is 9.78 Å². The fraction of sp³-hybridized carbons (Fsp3) is 0.200. The average Bonchev–Trinajstić information content (AvgIpc) is 2.70. The minimum atomic E-state index is 0.0160. The van der Waals surface area contributed by atoms with Crippen molar-refractivity contribution in [3.05, 3.63) is 64.4 Å². The van der Waals surface area contributed by atoms with Crippen LogP contribution in [-0.2, 0) is 12.8 Å². The molecule has 2 nitrogen and oxygen atoms in total. The number of benzene rings is 1. The minimum absolute atomic E-state index is 0.0160. The molecule has 1 atom stereocenters. The van der Waals surface area contributed by atoms with Gasteiger partial charge in [-0.25, -0.2) is 0 Å². The van der Waals surface area contributed by atoms with Crippen LogP contribution in [0.15, 0.2) is 42.7 Å². The van der Waals surface area contributed by atoms with Gasteiger partial charge in [0.05, 0.1) is 5.02 Å². The van der Waals surface area contributed by atoms with E-state index in [0.29, 0.717) is 11.4 Å². The molecule has 2 aromatic rings. The van der Waals surface area contributed by atoms with E-state index in [9.17, 15) is 4.79 Å². The zero-order chi connectivity index (χ0) is 12.5. The zero-order valence-electron chi connectivity index (χ0n) is 9.77. The standard InChI is InChI=1S/C15H12ClNO/c16-14-9-17-6-5-11(14)8-12-7-10-3-1-2-4-13(10)15(12)18/h1-6,9,12H,7-8H2. The summed E-state index contributed by atoms with van der Waals surface area (Å²) in [5.41, 5.74) is 3.02. The molecule has 1 heterocycles. The first-order chi connectivity index (χ1) is 8.75. The monoisotopic (exact) mass is 257 g/mol. The molecular weight excluding hydrogens is 246 g/mol. The van der Waals surface area contributed by atoms with Gasteiger partial charge in [-0.2, -0.15) is 0 Å². The summed E-state index contributed by atoms with van der Waals surface area (Å²) < 4.78 is 0. The molecular formula is C15H12ClNO. The fourth-order valence-electron chi connectivity index (χ4n) is 2.52. The van der Waals surface area contributed by atoms with E-state index in [1.165, 1.54) is 0 Å². The van der Waals surface area contributed by atoms with Gasteiger partial charge in [0.15, 0.2) is 5.78 Å². The highest BCUT2D eigenvalue weighted by Crippen LogP contribution is 2.30. The van der Waals surface area contributed by atoms with Gasteiger partial charge in [0.1, 0.15) is 0 Å². The van der Waals surface area contributed by atoms with Gasteiger partial charge in [-0.15, -0.1) is 0 Å². The molecule has 0 N–H and O–H groups in total. The Morgan fingerprint density at radius 3 is 2.89 bits per heavy atom. The highest BCUT2D eigenvalue weighted by Gasteiger charge is 2.30. The van der Waals surface area contributed by atoms with Crippen LogP contribution < -0.4 is 0 Å². The van der Waals surface area contributed by atoms with Crippen LogP contribution in [-0.4, -0.2) is 10.8 Å². The number of carbonyl (C=O) groups is 1. The normalized spacial score (nSPS) is 17.8. The Balaban J connectivity index is 1.86. The number of pyridine rings is 1. The first kappa shape index (κ1) is 11.4. The van der Waals surface area contributed by atoms with E-state index < -0.39 is 0 Å². The number of halogens is 1. The molecule has 0 fully saturated rings. The lowest BCUT2D eigenvalue weighted by Gasteiger charge is -2.08. The zero-order valence-corrected chi connectivity index (χ0v) is 10.5. The molecule has 1 aliphatic carbocycles. The molecule has 3 rings (SSSR count).